The Morgan fingerprint density at radius 3 is 2.63 bits per heavy atom. The van der Waals surface area contributed by atoms with E-state index >= 15 is 0 Å². The van der Waals surface area contributed by atoms with Crippen molar-refractivity contribution in [2.24, 2.45) is 11.8 Å². The van der Waals surface area contributed by atoms with E-state index < -0.39 is 5.54 Å². The van der Waals surface area contributed by atoms with Crippen molar-refractivity contribution in [2.45, 2.75) is 70.8 Å². The van der Waals surface area contributed by atoms with E-state index in [4.69, 9.17) is 4.74 Å². The molecule has 0 saturated carbocycles. The van der Waals surface area contributed by atoms with Crippen LogP contribution in [-0.4, -0.2) is 80.0 Å². The van der Waals surface area contributed by atoms with Gasteiger partial charge in [-0.15, -0.1) is 0 Å². The van der Waals surface area contributed by atoms with Gasteiger partial charge in [0.2, 0.25) is 17.7 Å². The van der Waals surface area contributed by atoms with E-state index in [1.165, 1.54) is 0 Å². The molecule has 3 amide bonds. The first-order chi connectivity index (χ1) is 18.4. The van der Waals surface area contributed by atoms with Crippen LogP contribution in [0.1, 0.15) is 69.9 Å². The molecule has 2 heterocycles. The first-order valence-electron chi connectivity index (χ1n) is 14.6. The molecule has 2 N–H and O–H groups in total. The maximum absolute atomic E-state index is 13.7. The number of ether oxygens (including phenoxy) is 1. The Bertz CT molecular complexity index is 961. The van der Waals surface area contributed by atoms with E-state index in [1.807, 2.05) is 24.3 Å². The van der Waals surface area contributed by atoms with Crippen LogP contribution in [0.3, 0.4) is 0 Å². The molecule has 2 fully saturated rings. The zero-order valence-corrected chi connectivity index (χ0v) is 23.3. The highest BCUT2D eigenvalue weighted by atomic mass is 16.5. The van der Waals surface area contributed by atoms with Crippen molar-refractivity contribution in [3.63, 3.8) is 0 Å². The van der Waals surface area contributed by atoms with Crippen molar-refractivity contribution in [3.05, 3.63) is 35.4 Å². The van der Waals surface area contributed by atoms with Crippen LogP contribution >= 0.6 is 0 Å². The lowest BCUT2D eigenvalue weighted by Gasteiger charge is -2.39. The van der Waals surface area contributed by atoms with Crippen LogP contribution in [0, 0.1) is 11.8 Å². The van der Waals surface area contributed by atoms with Crippen molar-refractivity contribution in [1.82, 2.24) is 20.4 Å². The molecule has 8 nitrogen and oxygen atoms in total. The minimum atomic E-state index is -1.10. The molecular formula is C30H46N4O4. The number of nitrogens with one attached hydrogen (secondary N) is 2. The quantitative estimate of drug-likeness (QED) is 0.616. The van der Waals surface area contributed by atoms with Crippen LogP contribution in [0.25, 0.3) is 0 Å². The largest absolute Gasteiger partial charge is 0.381 e. The van der Waals surface area contributed by atoms with Gasteiger partial charge in [-0.2, -0.15) is 0 Å². The highest BCUT2D eigenvalue weighted by Gasteiger charge is 2.44. The van der Waals surface area contributed by atoms with Crippen molar-refractivity contribution in [1.29, 1.82) is 0 Å². The third kappa shape index (κ3) is 7.35. The molecule has 38 heavy (non-hydrogen) atoms. The second-order valence-electron chi connectivity index (χ2n) is 11.7. The highest BCUT2D eigenvalue weighted by Crippen LogP contribution is 2.36. The minimum absolute atomic E-state index is 0.00698. The second kappa shape index (κ2) is 13.6. The molecule has 1 atom stereocenters. The van der Waals surface area contributed by atoms with Gasteiger partial charge in [-0.25, -0.2) is 0 Å². The molecule has 0 aromatic heterocycles. The number of fused-ring (bicyclic) bond motifs is 2. The third-order valence-corrected chi connectivity index (χ3v) is 8.28. The lowest BCUT2D eigenvalue weighted by Crippen LogP contribution is -2.60. The van der Waals surface area contributed by atoms with Crippen LogP contribution in [0.15, 0.2) is 24.3 Å². The maximum Gasteiger partial charge on any atom is 0.250 e. The molecular weight excluding hydrogens is 480 g/mol. The number of benzene rings is 1. The van der Waals surface area contributed by atoms with Gasteiger partial charge >= 0.3 is 0 Å². The predicted octanol–water partition coefficient (Wildman–Crippen LogP) is 2.85. The van der Waals surface area contributed by atoms with E-state index in [-0.39, 0.29) is 24.3 Å². The Balaban J connectivity index is 1.56. The third-order valence-electron chi connectivity index (χ3n) is 8.28. The molecule has 0 bridgehead atoms. The highest BCUT2D eigenvalue weighted by molar-refractivity contribution is 5.94. The van der Waals surface area contributed by atoms with Crippen LogP contribution in [0.5, 0.6) is 0 Å². The SMILES string of the molecule is CC(C)CCN1CC(=O)NC2(CCCc3ccccc32)C(=O)NCCCCN(CC2CCOCC2)CC1=O. The maximum atomic E-state index is 13.7. The molecule has 1 aromatic rings. The van der Waals surface area contributed by atoms with Gasteiger partial charge in [-0.05, 0) is 80.9 Å². The van der Waals surface area contributed by atoms with Gasteiger partial charge < -0.3 is 20.3 Å². The summed E-state index contributed by atoms with van der Waals surface area (Å²) in [5, 5.41) is 6.28. The lowest BCUT2D eigenvalue weighted by atomic mass is 9.75. The predicted molar refractivity (Wildman–Crippen MR) is 147 cm³/mol. The normalized spacial score (nSPS) is 25.1. The summed E-state index contributed by atoms with van der Waals surface area (Å²) in [6, 6.07) is 7.93. The first kappa shape index (κ1) is 28.6. The summed E-state index contributed by atoms with van der Waals surface area (Å²) in [4.78, 5) is 44.9. The fourth-order valence-corrected chi connectivity index (χ4v) is 6.05. The summed E-state index contributed by atoms with van der Waals surface area (Å²) in [5.74, 6) is 0.511. The van der Waals surface area contributed by atoms with Gasteiger partial charge in [-0.1, -0.05) is 38.1 Å². The monoisotopic (exact) mass is 526 g/mol. The number of nitrogens with zero attached hydrogens (tertiary/aromatic N) is 2. The van der Waals surface area contributed by atoms with Gasteiger partial charge in [0.15, 0.2) is 0 Å². The Morgan fingerprint density at radius 1 is 1.05 bits per heavy atom. The molecule has 4 rings (SSSR count). The van der Waals surface area contributed by atoms with Crippen molar-refractivity contribution in [3.8, 4) is 0 Å². The number of hydrogen-bond acceptors (Lipinski definition) is 5. The van der Waals surface area contributed by atoms with Gasteiger partial charge in [0.25, 0.3) is 0 Å². The molecule has 2 aliphatic heterocycles. The summed E-state index contributed by atoms with van der Waals surface area (Å²) in [5.41, 5.74) is 0.886. The average molecular weight is 527 g/mol. The lowest BCUT2D eigenvalue weighted by molar-refractivity contribution is -0.140. The molecule has 8 heteroatoms. The number of carbonyl (C=O) groups excluding carboxylic acids is 3. The van der Waals surface area contributed by atoms with Crippen LogP contribution in [0.2, 0.25) is 0 Å². The summed E-state index contributed by atoms with van der Waals surface area (Å²) in [7, 11) is 0. The van der Waals surface area contributed by atoms with Gasteiger partial charge in [0.05, 0.1) is 13.1 Å². The summed E-state index contributed by atoms with van der Waals surface area (Å²) < 4.78 is 5.53. The average Bonchev–Trinajstić information content (AvgIpc) is 2.90. The number of aryl methyl sites for hydroxylation is 1. The van der Waals surface area contributed by atoms with E-state index in [0.29, 0.717) is 37.9 Å². The molecule has 0 radical (unpaired) electrons. The van der Waals surface area contributed by atoms with Crippen molar-refractivity contribution < 1.29 is 19.1 Å². The first-order valence-corrected chi connectivity index (χ1v) is 14.6. The molecule has 1 aliphatic carbocycles. The molecule has 1 unspecified atom stereocenters. The Hall–Kier alpha value is -2.45. The number of carbonyl (C=O) groups is 3. The Kier molecular flexibility index (Phi) is 10.2. The van der Waals surface area contributed by atoms with E-state index in [2.05, 4.69) is 29.4 Å². The van der Waals surface area contributed by atoms with Crippen LogP contribution < -0.4 is 10.6 Å². The number of amides is 3. The molecule has 2 saturated heterocycles. The smallest absolute Gasteiger partial charge is 0.250 e. The van der Waals surface area contributed by atoms with Gasteiger partial charge in [0.1, 0.15) is 5.54 Å². The number of hydrogen-bond donors (Lipinski definition) is 2. The molecule has 1 aromatic carbocycles. The van der Waals surface area contributed by atoms with Crippen LogP contribution in [0.4, 0.5) is 0 Å². The summed E-state index contributed by atoms with van der Waals surface area (Å²) in [6.07, 6.45) is 6.86. The fraction of sp³-hybridized carbons (Fsp3) is 0.700. The zero-order chi connectivity index (χ0) is 27.0. The van der Waals surface area contributed by atoms with E-state index in [9.17, 15) is 14.4 Å². The standard InChI is InChI=1S/C30H46N4O4/c1-23(2)11-17-34-21-27(35)32-30(14-7-9-25-8-3-4-10-26(25)30)29(37)31-15-5-6-16-33(22-28(34)36)20-24-12-18-38-19-13-24/h3-4,8,10,23-24H,5-7,9,11-22H2,1-2H3,(H,31,37)(H,32,35). The topological polar surface area (TPSA) is 91.0 Å². The van der Waals surface area contributed by atoms with Crippen molar-refractivity contribution >= 4 is 17.7 Å². The van der Waals surface area contributed by atoms with E-state index in [0.717, 1.165) is 82.4 Å². The summed E-state index contributed by atoms with van der Waals surface area (Å²) in [6.45, 7) is 8.87. The number of rotatable bonds is 5. The van der Waals surface area contributed by atoms with Gasteiger partial charge in [0, 0.05) is 32.8 Å². The Morgan fingerprint density at radius 2 is 1.84 bits per heavy atom. The fourth-order valence-electron chi connectivity index (χ4n) is 6.05. The molecule has 1 spiro atoms. The van der Waals surface area contributed by atoms with Gasteiger partial charge in [-0.3, -0.25) is 19.3 Å². The minimum Gasteiger partial charge on any atom is -0.381 e. The Labute approximate surface area is 227 Å². The molecule has 210 valence electrons. The zero-order valence-electron chi connectivity index (χ0n) is 23.3. The molecule has 3 aliphatic rings. The van der Waals surface area contributed by atoms with Crippen molar-refractivity contribution in [2.75, 3.05) is 52.5 Å². The van der Waals surface area contributed by atoms with Crippen LogP contribution in [-0.2, 0) is 31.1 Å². The second-order valence-corrected chi connectivity index (χ2v) is 11.7. The summed E-state index contributed by atoms with van der Waals surface area (Å²) >= 11 is 0. The van der Waals surface area contributed by atoms with E-state index in [1.54, 1.807) is 4.90 Å².